The van der Waals surface area contributed by atoms with Crippen LogP contribution in [0.15, 0.2) is 49.7 Å². The Balaban J connectivity index is 1.62. The maximum absolute atomic E-state index is 13.1. The van der Waals surface area contributed by atoms with Gasteiger partial charge in [-0.05, 0) is 26.0 Å². The molecule has 0 unspecified atom stereocenters. The van der Waals surface area contributed by atoms with Gasteiger partial charge in [0.1, 0.15) is 5.76 Å². The third kappa shape index (κ3) is 3.85. The molecule has 1 amide bonds. The van der Waals surface area contributed by atoms with E-state index in [4.69, 9.17) is 4.52 Å². The summed E-state index contributed by atoms with van der Waals surface area (Å²) in [6.45, 7) is 3.75. The molecule has 0 radical (unpaired) electrons. The monoisotopic (exact) mass is 414 g/mol. The summed E-state index contributed by atoms with van der Waals surface area (Å²) in [5, 5.41) is 6.95. The zero-order chi connectivity index (χ0) is 19.7. The molecule has 1 aromatic carbocycles. The van der Waals surface area contributed by atoms with Crippen LogP contribution in [0.1, 0.15) is 17.0 Å². The van der Waals surface area contributed by atoms with Gasteiger partial charge >= 0.3 is 0 Å². The van der Waals surface area contributed by atoms with Gasteiger partial charge in [0.15, 0.2) is 11.0 Å². The highest BCUT2D eigenvalue weighted by Crippen LogP contribution is 2.30. The van der Waals surface area contributed by atoms with Gasteiger partial charge in [0.2, 0.25) is 5.91 Å². The van der Waals surface area contributed by atoms with Crippen molar-refractivity contribution >= 4 is 35.2 Å². The molecule has 4 rings (SSSR count). The molecule has 0 fully saturated rings. The number of hydrogen-bond acceptors (Lipinski definition) is 7. The molecule has 1 aliphatic heterocycles. The Morgan fingerprint density at radius 1 is 1.32 bits per heavy atom. The van der Waals surface area contributed by atoms with E-state index in [1.165, 1.54) is 11.8 Å². The first kappa shape index (κ1) is 18.8. The topological polar surface area (TPSA) is 90.0 Å². The number of nitrogens with one attached hydrogen (secondary N) is 1. The molecule has 0 saturated heterocycles. The minimum absolute atomic E-state index is 0.0774. The number of hydrogen-bond donors (Lipinski definition) is 1. The molecule has 2 aromatic heterocycles. The summed E-state index contributed by atoms with van der Waals surface area (Å²) in [4.78, 5) is 30.7. The Morgan fingerprint density at radius 2 is 2.11 bits per heavy atom. The third-order valence-corrected chi connectivity index (χ3v) is 6.23. The predicted octanol–water partition coefficient (Wildman–Crippen LogP) is 3.22. The summed E-state index contributed by atoms with van der Waals surface area (Å²) >= 11 is 2.77. The van der Waals surface area contributed by atoms with Crippen LogP contribution in [0.5, 0.6) is 0 Å². The van der Waals surface area contributed by atoms with Crippen molar-refractivity contribution < 1.29 is 9.32 Å². The zero-order valence-corrected chi connectivity index (χ0v) is 17.0. The summed E-state index contributed by atoms with van der Waals surface area (Å²) in [5.74, 6) is 1.71. The molecule has 0 aliphatic carbocycles. The van der Waals surface area contributed by atoms with E-state index in [1.54, 1.807) is 29.3 Å². The molecule has 0 spiro atoms. The van der Waals surface area contributed by atoms with E-state index in [0.29, 0.717) is 21.6 Å². The summed E-state index contributed by atoms with van der Waals surface area (Å²) in [6, 6.07) is 9.35. The minimum atomic E-state index is -0.238. The van der Waals surface area contributed by atoms with Crippen LogP contribution in [0.3, 0.4) is 0 Å². The minimum Gasteiger partial charge on any atom is -0.360 e. The molecule has 3 aromatic rings. The molecular weight excluding hydrogens is 396 g/mol. The summed E-state index contributed by atoms with van der Waals surface area (Å²) in [7, 11) is 0. The van der Waals surface area contributed by atoms with Crippen LogP contribution < -0.4 is 10.9 Å². The first-order chi connectivity index (χ1) is 13.5. The molecule has 0 saturated carbocycles. The van der Waals surface area contributed by atoms with Gasteiger partial charge < -0.3 is 9.84 Å². The van der Waals surface area contributed by atoms with Crippen LogP contribution in [0.25, 0.3) is 5.69 Å². The lowest BCUT2D eigenvalue weighted by Gasteiger charge is -2.13. The van der Waals surface area contributed by atoms with Gasteiger partial charge in [0, 0.05) is 18.2 Å². The van der Waals surface area contributed by atoms with Crippen molar-refractivity contribution in [2.75, 3.05) is 16.8 Å². The Hall–Kier alpha value is -2.52. The lowest BCUT2D eigenvalue weighted by atomic mass is 10.2. The first-order valence-corrected chi connectivity index (χ1v) is 10.7. The highest BCUT2D eigenvalue weighted by Gasteiger charge is 2.23. The van der Waals surface area contributed by atoms with E-state index in [2.05, 4.69) is 15.5 Å². The lowest BCUT2D eigenvalue weighted by Crippen LogP contribution is -2.24. The average Bonchev–Trinajstić information content (AvgIpc) is 3.30. The number of amides is 1. The number of aromatic nitrogens is 3. The van der Waals surface area contributed by atoms with Gasteiger partial charge in [-0.25, -0.2) is 4.98 Å². The molecule has 3 heterocycles. The molecule has 144 valence electrons. The van der Waals surface area contributed by atoms with E-state index in [-0.39, 0.29) is 17.2 Å². The Labute approximate surface area is 169 Å². The lowest BCUT2D eigenvalue weighted by molar-refractivity contribution is -0.113. The van der Waals surface area contributed by atoms with Gasteiger partial charge in [-0.15, -0.1) is 11.8 Å². The summed E-state index contributed by atoms with van der Waals surface area (Å²) < 4.78 is 6.54. The smallest absolute Gasteiger partial charge is 0.272 e. The van der Waals surface area contributed by atoms with Crippen LogP contribution in [0, 0.1) is 13.8 Å². The second kappa shape index (κ2) is 7.84. The number of carbonyl (C=O) groups is 1. The normalized spacial score (nSPS) is 12.8. The molecular formula is C19H18N4O3S2. The van der Waals surface area contributed by atoms with Crippen molar-refractivity contribution in [3.63, 3.8) is 0 Å². The quantitative estimate of drug-likeness (QED) is 0.506. The van der Waals surface area contributed by atoms with Crippen molar-refractivity contribution in [1.82, 2.24) is 14.7 Å². The number of anilines is 1. The van der Waals surface area contributed by atoms with E-state index in [0.717, 1.165) is 29.1 Å². The van der Waals surface area contributed by atoms with Crippen molar-refractivity contribution in [3.05, 3.63) is 57.7 Å². The van der Waals surface area contributed by atoms with Crippen LogP contribution in [-0.2, 0) is 11.2 Å². The Kier molecular flexibility index (Phi) is 5.27. The molecule has 7 nitrogen and oxygen atoms in total. The molecule has 0 bridgehead atoms. The third-order valence-electron chi connectivity index (χ3n) is 4.19. The number of benzene rings is 1. The predicted molar refractivity (Wildman–Crippen MR) is 110 cm³/mol. The fourth-order valence-electron chi connectivity index (χ4n) is 2.85. The number of carbonyl (C=O) groups excluding carboxylic acids is 1. The van der Waals surface area contributed by atoms with E-state index < -0.39 is 0 Å². The fourth-order valence-corrected chi connectivity index (χ4v) is 4.70. The first-order valence-electron chi connectivity index (χ1n) is 8.73. The van der Waals surface area contributed by atoms with Crippen LogP contribution in [-0.4, -0.2) is 32.1 Å². The standard InChI is InChI=1S/C19H18N4O3S2/c1-11-3-5-13(6-4-11)23-18(25)17-14(7-8-27-17)20-19(23)28-10-16(24)21-15-9-12(2)26-22-15/h3-6,9H,7-8,10H2,1-2H3,(H,21,22,24). The molecule has 9 heteroatoms. The SMILES string of the molecule is Cc1ccc(-n2c(SCC(=O)Nc3cc(C)on3)nc3c(c2=O)SCC3)cc1. The molecule has 0 atom stereocenters. The van der Waals surface area contributed by atoms with Crippen LogP contribution in [0.2, 0.25) is 0 Å². The van der Waals surface area contributed by atoms with Crippen molar-refractivity contribution in [1.29, 1.82) is 0 Å². The summed E-state index contributed by atoms with van der Waals surface area (Å²) in [6.07, 6.45) is 0.766. The van der Waals surface area contributed by atoms with Gasteiger partial charge in [-0.2, -0.15) is 0 Å². The Morgan fingerprint density at radius 3 is 2.82 bits per heavy atom. The Bertz CT molecular complexity index is 1090. The van der Waals surface area contributed by atoms with Crippen LogP contribution >= 0.6 is 23.5 Å². The average molecular weight is 415 g/mol. The molecule has 28 heavy (non-hydrogen) atoms. The number of aryl methyl sites for hydroxylation is 3. The second-order valence-corrected chi connectivity index (χ2v) is 8.45. The molecule has 1 aliphatic rings. The van der Waals surface area contributed by atoms with E-state index >= 15 is 0 Å². The second-order valence-electron chi connectivity index (χ2n) is 6.40. The highest BCUT2D eigenvalue weighted by molar-refractivity contribution is 8.00. The van der Waals surface area contributed by atoms with Crippen molar-refractivity contribution in [2.24, 2.45) is 0 Å². The highest BCUT2D eigenvalue weighted by atomic mass is 32.2. The van der Waals surface area contributed by atoms with Gasteiger partial charge in [-0.3, -0.25) is 14.2 Å². The van der Waals surface area contributed by atoms with E-state index in [1.807, 2.05) is 31.2 Å². The van der Waals surface area contributed by atoms with Gasteiger partial charge in [0.05, 0.1) is 22.0 Å². The zero-order valence-electron chi connectivity index (χ0n) is 15.4. The maximum Gasteiger partial charge on any atom is 0.272 e. The number of rotatable bonds is 5. The molecule has 1 N–H and O–H groups in total. The van der Waals surface area contributed by atoms with E-state index in [9.17, 15) is 9.59 Å². The largest absolute Gasteiger partial charge is 0.360 e. The maximum atomic E-state index is 13.1. The van der Waals surface area contributed by atoms with Crippen molar-refractivity contribution in [3.8, 4) is 5.69 Å². The number of thioether (sulfide) groups is 2. The number of nitrogens with zero attached hydrogens (tertiary/aromatic N) is 3. The fraction of sp³-hybridized carbons (Fsp3) is 0.263. The van der Waals surface area contributed by atoms with Crippen molar-refractivity contribution in [2.45, 2.75) is 30.3 Å². The number of fused-ring (bicyclic) bond motifs is 1. The van der Waals surface area contributed by atoms with Gasteiger partial charge in [-0.1, -0.05) is 34.6 Å². The van der Waals surface area contributed by atoms with Crippen LogP contribution in [0.4, 0.5) is 5.82 Å². The summed E-state index contributed by atoms with van der Waals surface area (Å²) in [5.41, 5.74) is 2.59. The van der Waals surface area contributed by atoms with Gasteiger partial charge in [0.25, 0.3) is 5.56 Å².